The zero-order chi connectivity index (χ0) is 21.5. The lowest BCUT2D eigenvalue weighted by Gasteiger charge is -2.14. The van der Waals surface area contributed by atoms with Gasteiger partial charge in [-0.3, -0.25) is 9.69 Å². The Hall–Kier alpha value is -2.55. The normalized spacial score (nSPS) is 16.0. The molecular weight excluding hydrogens is 455 g/mol. The summed E-state index contributed by atoms with van der Waals surface area (Å²) in [6, 6.07) is 15.1. The van der Waals surface area contributed by atoms with Gasteiger partial charge in [0.2, 0.25) is 0 Å². The van der Waals surface area contributed by atoms with Gasteiger partial charge in [-0.2, -0.15) is 13.2 Å². The number of thioether (sulfide) groups is 1. The molecule has 9 heteroatoms. The minimum atomic E-state index is -4.50. The molecule has 0 radical (unpaired) electrons. The van der Waals surface area contributed by atoms with Gasteiger partial charge in [0, 0.05) is 5.56 Å². The van der Waals surface area contributed by atoms with Crippen LogP contribution in [-0.2, 0) is 6.18 Å². The average Bonchev–Trinajstić information content (AvgIpc) is 3.26. The van der Waals surface area contributed by atoms with Crippen molar-refractivity contribution in [3.05, 3.63) is 81.9 Å². The van der Waals surface area contributed by atoms with E-state index in [4.69, 9.17) is 28.2 Å². The Kier molecular flexibility index (Phi) is 5.48. The number of hydrogen-bond donors (Lipinski definition) is 0. The lowest BCUT2D eigenvalue weighted by atomic mass is 10.1. The second kappa shape index (κ2) is 7.94. The first-order valence-corrected chi connectivity index (χ1v) is 10.1. The maximum atomic E-state index is 13.0. The average molecular weight is 466 g/mol. The zero-order valence-electron chi connectivity index (χ0n) is 14.9. The molecule has 3 nitrogen and oxygen atoms in total. The van der Waals surface area contributed by atoms with Crippen LogP contribution in [0, 0.1) is 0 Å². The molecule has 2 aromatic carbocycles. The number of amides is 1. The number of carbonyl (C=O) groups excluding carboxylic acids is 1. The van der Waals surface area contributed by atoms with Crippen LogP contribution in [0.1, 0.15) is 11.3 Å². The summed E-state index contributed by atoms with van der Waals surface area (Å²) in [4.78, 5) is 14.6. The van der Waals surface area contributed by atoms with Crippen molar-refractivity contribution in [3.63, 3.8) is 0 Å². The smallest absolute Gasteiger partial charge is 0.416 e. The van der Waals surface area contributed by atoms with Crippen molar-refractivity contribution >= 4 is 57.6 Å². The topological polar surface area (TPSA) is 33.5 Å². The highest BCUT2D eigenvalue weighted by Crippen LogP contribution is 2.39. The molecule has 1 aliphatic rings. The molecule has 1 aliphatic heterocycles. The molecule has 1 amide bonds. The third-order valence-electron chi connectivity index (χ3n) is 4.27. The molecule has 0 aliphatic carbocycles. The van der Waals surface area contributed by atoms with Crippen LogP contribution in [0.5, 0.6) is 0 Å². The Labute approximate surface area is 184 Å². The summed E-state index contributed by atoms with van der Waals surface area (Å²) in [6.07, 6.45) is -2.91. The molecule has 30 heavy (non-hydrogen) atoms. The van der Waals surface area contributed by atoms with Crippen LogP contribution in [0.4, 0.5) is 23.7 Å². The molecule has 0 atom stereocenters. The number of nitrogens with zero attached hydrogens (tertiary/aromatic N) is 1. The summed E-state index contributed by atoms with van der Waals surface area (Å²) in [7, 11) is 0. The molecule has 0 bridgehead atoms. The van der Waals surface area contributed by atoms with Crippen LogP contribution in [0.25, 0.3) is 17.4 Å². The van der Waals surface area contributed by atoms with Crippen molar-refractivity contribution in [1.29, 1.82) is 0 Å². The third kappa shape index (κ3) is 4.03. The fraction of sp³-hybridized carbons (Fsp3) is 0.0476. The SMILES string of the molecule is O=C1S/C(=C\c2ccc(-c3cc(C(F)(F)F)ccc3Cl)o2)C(=S)N1c1ccccc1. The van der Waals surface area contributed by atoms with Gasteiger partial charge < -0.3 is 4.42 Å². The van der Waals surface area contributed by atoms with Crippen LogP contribution in [0.3, 0.4) is 0 Å². The van der Waals surface area contributed by atoms with Crippen molar-refractivity contribution in [2.75, 3.05) is 4.90 Å². The first-order chi connectivity index (χ1) is 14.2. The number of benzene rings is 2. The first-order valence-electron chi connectivity index (χ1n) is 8.54. The zero-order valence-corrected chi connectivity index (χ0v) is 17.3. The number of hydrogen-bond acceptors (Lipinski definition) is 4. The molecule has 3 aromatic rings. The summed E-state index contributed by atoms with van der Waals surface area (Å²) < 4.78 is 44.7. The maximum Gasteiger partial charge on any atom is 0.416 e. The second-order valence-corrected chi connectivity index (χ2v) is 8.03. The van der Waals surface area contributed by atoms with E-state index in [2.05, 4.69) is 0 Å². The highest BCUT2D eigenvalue weighted by molar-refractivity contribution is 8.20. The Balaban J connectivity index is 1.64. The number of anilines is 1. The number of halogens is 4. The monoisotopic (exact) mass is 465 g/mol. The van der Waals surface area contributed by atoms with Crippen LogP contribution < -0.4 is 4.90 Å². The van der Waals surface area contributed by atoms with Gasteiger partial charge in [-0.05, 0) is 60.3 Å². The van der Waals surface area contributed by atoms with Crippen molar-refractivity contribution < 1.29 is 22.4 Å². The standard InChI is InChI=1S/C21H11ClF3NO2S2/c22-16-8-6-12(21(23,24)25)10-15(16)17-9-7-14(28-17)11-18-19(29)26(20(27)30-18)13-4-2-1-3-5-13/h1-11H/b18-11-. The van der Waals surface area contributed by atoms with Gasteiger partial charge in [0.15, 0.2) is 0 Å². The first kappa shape index (κ1) is 20.7. The highest BCUT2D eigenvalue weighted by atomic mass is 35.5. The molecule has 2 heterocycles. The molecule has 1 fully saturated rings. The van der Waals surface area contributed by atoms with Gasteiger partial charge >= 0.3 is 6.18 Å². The van der Waals surface area contributed by atoms with E-state index in [0.29, 0.717) is 21.3 Å². The van der Waals surface area contributed by atoms with E-state index in [1.165, 1.54) is 17.0 Å². The fourth-order valence-corrected chi connectivity index (χ4v) is 4.33. The minimum Gasteiger partial charge on any atom is -0.457 e. The predicted molar refractivity (Wildman–Crippen MR) is 117 cm³/mol. The number of alkyl halides is 3. The summed E-state index contributed by atoms with van der Waals surface area (Å²) >= 11 is 12.5. The number of rotatable bonds is 3. The quantitative estimate of drug-likeness (QED) is 0.293. The van der Waals surface area contributed by atoms with E-state index in [-0.39, 0.29) is 21.6 Å². The summed E-state index contributed by atoms with van der Waals surface area (Å²) in [6.45, 7) is 0. The van der Waals surface area contributed by atoms with Crippen LogP contribution >= 0.6 is 35.6 Å². The summed E-state index contributed by atoms with van der Waals surface area (Å²) in [5, 5.41) is -0.113. The lowest BCUT2D eigenvalue weighted by molar-refractivity contribution is -0.137. The highest BCUT2D eigenvalue weighted by Gasteiger charge is 2.33. The van der Waals surface area contributed by atoms with Crippen LogP contribution in [-0.4, -0.2) is 10.2 Å². The minimum absolute atomic E-state index is 0.125. The Morgan fingerprint density at radius 3 is 2.50 bits per heavy atom. The molecule has 0 unspecified atom stereocenters. The van der Waals surface area contributed by atoms with E-state index >= 15 is 0 Å². The Morgan fingerprint density at radius 2 is 1.80 bits per heavy atom. The van der Waals surface area contributed by atoms with Gasteiger partial charge in [-0.25, -0.2) is 0 Å². The molecule has 152 valence electrons. The van der Waals surface area contributed by atoms with Crippen LogP contribution in [0.15, 0.2) is 70.0 Å². The molecule has 1 saturated heterocycles. The Morgan fingerprint density at radius 1 is 1.07 bits per heavy atom. The van der Waals surface area contributed by atoms with E-state index in [1.54, 1.807) is 36.4 Å². The number of thiocarbonyl (C=S) groups is 1. The number of furan rings is 1. The van der Waals surface area contributed by atoms with Gasteiger partial charge in [-0.1, -0.05) is 42.0 Å². The van der Waals surface area contributed by atoms with Crippen molar-refractivity contribution in [3.8, 4) is 11.3 Å². The van der Waals surface area contributed by atoms with Crippen molar-refractivity contribution in [2.45, 2.75) is 6.18 Å². The predicted octanol–water partition coefficient (Wildman–Crippen LogP) is 7.66. The molecule has 0 spiro atoms. The van der Waals surface area contributed by atoms with Gasteiger partial charge in [0.1, 0.15) is 16.5 Å². The van der Waals surface area contributed by atoms with Gasteiger partial charge in [0.05, 0.1) is 21.2 Å². The molecular formula is C21H11ClF3NO2S2. The van der Waals surface area contributed by atoms with E-state index < -0.39 is 11.7 Å². The van der Waals surface area contributed by atoms with Crippen molar-refractivity contribution in [2.24, 2.45) is 0 Å². The van der Waals surface area contributed by atoms with Crippen molar-refractivity contribution in [1.82, 2.24) is 0 Å². The summed E-state index contributed by atoms with van der Waals surface area (Å²) in [5.74, 6) is 0.518. The number of carbonyl (C=O) groups is 1. The maximum absolute atomic E-state index is 13.0. The molecule has 1 aromatic heterocycles. The lowest BCUT2D eigenvalue weighted by Crippen LogP contribution is -2.26. The molecule has 0 N–H and O–H groups in total. The second-order valence-electron chi connectivity index (χ2n) is 6.25. The third-order valence-corrected chi connectivity index (χ3v) is 6.02. The van der Waals surface area contributed by atoms with Crippen LogP contribution in [0.2, 0.25) is 5.02 Å². The van der Waals surface area contributed by atoms with E-state index in [0.717, 1.165) is 23.9 Å². The Bertz CT molecular complexity index is 1170. The summed E-state index contributed by atoms with van der Waals surface area (Å²) in [5.41, 5.74) is -0.0473. The number of para-hydroxylation sites is 1. The molecule has 4 rings (SSSR count). The van der Waals surface area contributed by atoms with E-state index in [1.807, 2.05) is 6.07 Å². The van der Waals surface area contributed by atoms with Gasteiger partial charge in [-0.15, -0.1) is 0 Å². The molecule has 0 saturated carbocycles. The fourth-order valence-electron chi connectivity index (χ4n) is 2.86. The van der Waals surface area contributed by atoms with E-state index in [9.17, 15) is 18.0 Å². The largest absolute Gasteiger partial charge is 0.457 e. The van der Waals surface area contributed by atoms with Gasteiger partial charge in [0.25, 0.3) is 5.24 Å².